The molecule has 0 fully saturated rings. The minimum atomic E-state index is -0.333. The molecular formula is C17H15ClN4OS. The van der Waals surface area contributed by atoms with E-state index in [-0.39, 0.29) is 11.3 Å². The van der Waals surface area contributed by atoms with Gasteiger partial charge in [-0.15, -0.1) is 11.8 Å². The molecule has 7 heteroatoms. The van der Waals surface area contributed by atoms with Crippen LogP contribution in [0.4, 0.5) is 5.69 Å². The van der Waals surface area contributed by atoms with Crippen molar-refractivity contribution >= 4 is 35.0 Å². The van der Waals surface area contributed by atoms with E-state index in [4.69, 9.17) is 11.6 Å². The molecule has 5 nitrogen and oxygen atoms in total. The van der Waals surface area contributed by atoms with Crippen LogP contribution in [0.15, 0.2) is 54.3 Å². The highest BCUT2D eigenvalue weighted by atomic mass is 35.5. The van der Waals surface area contributed by atoms with Crippen molar-refractivity contribution in [2.24, 2.45) is 5.73 Å². The van der Waals surface area contributed by atoms with Crippen LogP contribution in [0.25, 0.3) is 0 Å². The van der Waals surface area contributed by atoms with Gasteiger partial charge in [0, 0.05) is 30.5 Å². The van der Waals surface area contributed by atoms with E-state index in [1.54, 1.807) is 36.3 Å². The molecular weight excluding hydrogens is 344 g/mol. The fraction of sp³-hybridized carbons (Fsp3) is 0.118. The third-order valence-corrected chi connectivity index (χ3v) is 4.30. The van der Waals surface area contributed by atoms with E-state index in [9.17, 15) is 10.1 Å². The molecule has 0 saturated carbocycles. The Labute approximate surface area is 149 Å². The van der Waals surface area contributed by atoms with Gasteiger partial charge in [0.05, 0.1) is 11.3 Å². The van der Waals surface area contributed by atoms with Crippen molar-refractivity contribution in [1.82, 2.24) is 4.98 Å². The Kier molecular flexibility index (Phi) is 6.24. The molecule has 0 aliphatic carbocycles. The molecule has 1 aromatic heterocycles. The molecule has 1 unspecified atom stereocenters. The minimum absolute atomic E-state index is 0.117. The number of aromatic nitrogens is 1. The molecule has 2 aromatic rings. The van der Waals surface area contributed by atoms with E-state index >= 15 is 0 Å². The Balaban J connectivity index is 0.000000471. The lowest BCUT2D eigenvalue weighted by molar-refractivity contribution is -0.115. The van der Waals surface area contributed by atoms with E-state index in [2.05, 4.69) is 21.7 Å². The molecule has 0 bridgehead atoms. The van der Waals surface area contributed by atoms with Crippen LogP contribution < -0.4 is 10.6 Å². The summed E-state index contributed by atoms with van der Waals surface area (Å²) >= 11 is 7.65. The van der Waals surface area contributed by atoms with Crippen LogP contribution in [0.5, 0.6) is 0 Å². The molecule has 1 aliphatic rings. The highest BCUT2D eigenvalue weighted by molar-refractivity contribution is 8.02. The molecule has 2 heterocycles. The van der Waals surface area contributed by atoms with Gasteiger partial charge in [-0.2, -0.15) is 5.26 Å². The maximum Gasteiger partial charge on any atom is 0.214 e. The summed E-state index contributed by atoms with van der Waals surface area (Å²) in [4.78, 5) is 15.3. The normalized spacial score (nSPS) is 15.4. The van der Waals surface area contributed by atoms with E-state index in [0.29, 0.717) is 10.6 Å². The van der Waals surface area contributed by atoms with Gasteiger partial charge < -0.3 is 10.6 Å². The van der Waals surface area contributed by atoms with Gasteiger partial charge in [-0.25, -0.2) is 0 Å². The van der Waals surface area contributed by atoms with Gasteiger partial charge in [-0.1, -0.05) is 11.6 Å². The fourth-order valence-electron chi connectivity index (χ4n) is 2.12. The number of carbonyl (C=O) groups is 1. The van der Waals surface area contributed by atoms with Crippen LogP contribution in [-0.4, -0.2) is 10.9 Å². The van der Waals surface area contributed by atoms with Crippen LogP contribution in [-0.2, 0) is 4.79 Å². The van der Waals surface area contributed by atoms with Crippen molar-refractivity contribution in [3.8, 4) is 6.07 Å². The number of nitrogens with two attached hydrogens (primary N) is 1. The number of halogens is 1. The second-order valence-corrected chi connectivity index (χ2v) is 6.27. The third-order valence-electron chi connectivity index (χ3n) is 3.03. The van der Waals surface area contributed by atoms with E-state index in [1.807, 2.05) is 29.8 Å². The second kappa shape index (κ2) is 8.39. The lowest BCUT2D eigenvalue weighted by Gasteiger charge is -2.26. The molecule has 0 radical (unpaired) electrons. The van der Waals surface area contributed by atoms with Crippen molar-refractivity contribution in [2.45, 2.75) is 12.3 Å². The first kappa shape index (κ1) is 17.9. The van der Waals surface area contributed by atoms with Gasteiger partial charge in [-0.05, 0) is 41.3 Å². The Morgan fingerprint density at radius 1 is 1.38 bits per heavy atom. The Morgan fingerprint density at radius 2 is 2.04 bits per heavy atom. The highest BCUT2D eigenvalue weighted by Crippen LogP contribution is 2.42. The van der Waals surface area contributed by atoms with E-state index in [1.165, 1.54) is 6.92 Å². The zero-order valence-electron chi connectivity index (χ0n) is 12.9. The number of hydrogen-bond donors (Lipinski definition) is 1. The number of rotatable bonds is 2. The monoisotopic (exact) mass is 358 g/mol. The van der Waals surface area contributed by atoms with Gasteiger partial charge in [0.25, 0.3) is 0 Å². The topological polar surface area (TPSA) is 83.0 Å². The van der Waals surface area contributed by atoms with E-state index < -0.39 is 0 Å². The lowest BCUT2D eigenvalue weighted by Crippen LogP contribution is -2.18. The summed E-state index contributed by atoms with van der Waals surface area (Å²) in [5.74, 6) is -0.333. The Bertz CT molecular complexity index is 785. The summed E-state index contributed by atoms with van der Waals surface area (Å²) < 4.78 is 0. The third kappa shape index (κ3) is 4.51. The first-order valence-corrected chi connectivity index (χ1v) is 8.31. The predicted octanol–water partition coefficient (Wildman–Crippen LogP) is 3.82. The molecule has 1 aromatic carbocycles. The molecule has 2 N–H and O–H groups in total. The maximum atomic E-state index is 9.28. The standard InChI is InChI=1S/C15H10ClN3S.C2H5NO/c16-13-1-2-14(12(9-13)10-17)19-7-8-20-15(19)11-3-5-18-6-4-11;1-2(3)4/h1-9,15H;1H3,(H2,3,4). The number of anilines is 1. The smallest absolute Gasteiger partial charge is 0.214 e. The molecule has 0 spiro atoms. The lowest BCUT2D eigenvalue weighted by atomic mass is 10.1. The first-order valence-electron chi connectivity index (χ1n) is 6.99. The van der Waals surface area contributed by atoms with Gasteiger partial charge in [0.15, 0.2) is 0 Å². The van der Waals surface area contributed by atoms with Crippen LogP contribution >= 0.6 is 23.4 Å². The van der Waals surface area contributed by atoms with Crippen LogP contribution in [0.3, 0.4) is 0 Å². The summed E-state index contributed by atoms with van der Waals surface area (Å²) in [5.41, 5.74) is 7.05. The molecule has 24 heavy (non-hydrogen) atoms. The van der Waals surface area contributed by atoms with Gasteiger partial charge >= 0.3 is 0 Å². The molecule has 1 atom stereocenters. The maximum absolute atomic E-state index is 9.28. The molecule has 122 valence electrons. The number of primary amides is 1. The van der Waals surface area contributed by atoms with Gasteiger partial charge in [0.1, 0.15) is 11.4 Å². The summed E-state index contributed by atoms with van der Waals surface area (Å²) in [6, 6.07) is 11.6. The summed E-state index contributed by atoms with van der Waals surface area (Å²) in [5, 5.41) is 12.0. The number of carbonyl (C=O) groups excluding carboxylic acids is 1. The quantitative estimate of drug-likeness (QED) is 0.882. The van der Waals surface area contributed by atoms with Crippen molar-refractivity contribution in [3.05, 3.63) is 70.5 Å². The SMILES string of the molecule is CC(N)=O.N#Cc1cc(Cl)ccc1N1C=CSC1c1ccncc1. The zero-order valence-corrected chi connectivity index (χ0v) is 14.5. The van der Waals surface area contributed by atoms with Crippen molar-refractivity contribution in [1.29, 1.82) is 5.26 Å². The predicted molar refractivity (Wildman–Crippen MR) is 97.2 cm³/mol. The van der Waals surface area contributed by atoms with Crippen molar-refractivity contribution in [3.63, 3.8) is 0 Å². The number of nitrogens with zero attached hydrogens (tertiary/aromatic N) is 3. The first-order chi connectivity index (χ1) is 11.5. The molecule has 0 saturated heterocycles. The number of thioether (sulfide) groups is 1. The average molecular weight is 359 g/mol. The summed E-state index contributed by atoms with van der Waals surface area (Å²) in [6.45, 7) is 1.31. The fourth-order valence-corrected chi connectivity index (χ4v) is 3.27. The second-order valence-electron chi connectivity index (χ2n) is 4.85. The molecule has 1 amide bonds. The average Bonchev–Trinajstić information content (AvgIpc) is 3.04. The number of nitriles is 1. The van der Waals surface area contributed by atoms with Crippen molar-refractivity contribution < 1.29 is 4.79 Å². The van der Waals surface area contributed by atoms with Crippen LogP contribution in [0, 0.1) is 11.3 Å². The van der Waals surface area contributed by atoms with E-state index in [0.717, 1.165) is 11.3 Å². The zero-order chi connectivity index (χ0) is 17.5. The number of amides is 1. The minimum Gasteiger partial charge on any atom is -0.370 e. The number of benzene rings is 1. The number of hydrogen-bond acceptors (Lipinski definition) is 5. The Morgan fingerprint density at radius 3 is 2.67 bits per heavy atom. The highest BCUT2D eigenvalue weighted by Gasteiger charge is 2.25. The Hall–Kier alpha value is -2.49. The number of pyridine rings is 1. The van der Waals surface area contributed by atoms with Crippen molar-refractivity contribution in [2.75, 3.05) is 4.90 Å². The van der Waals surface area contributed by atoms with Crippen LogP contribution in [0.1, 0.15) is 23.4 Å². The summed E-state index contributed by atoms with van der Waals surface area (Å²) in [7, 11) is 0. The van der Waals surface area contributed by atoms with Gasteiger partial charge in [0.2, 0.25) is 5.91 Å². The van der Waals surface area contributed by atoms with Gasteiger partial charge in [-0.3, -0.25) is 9.78 Å². The summed E-state index contributed by atoms with van der Waals surface area (Å²) in [6.07, 6.45) is 5.54. The molecule has 1 aliphatic heterocycles. The van der Waals surface area contributed by atoms with Crippen LogP contribution in [0.2, 0.25) is 5.02 Å². The molecule has 3 rings (SSSR count). The largest absolute Gasteiger partial charge is 0.370 e.